The number of H-pyrrole nitrogens is 1. The minimum absolute atomic E-state index is 0.180. The van der Waals surface area contributed by atoms with Crippen LogP contribution in [0.25, 0.3) is 27.8 Å². The fourth-order valence-electron chi connectivity index (χ4n) is 3.73. The Balaban J connectivity index is 2.01. The second-order valence-electron chi connectivity index (χ2n) is 6.99. The van der Waals surface area contributed by atoms with Gasteiger partial charge in [0.1, 0.15) is 0 Å². The van der Waals surface area contributed by atoms with Gasteiger partial charge in [0.2, 0.25) is 0 Å². The summed E-state index contributed by atoms with van der Waals surface area (Å²) in [4.78, 5) is 15.9. The number of aromatic amines is 1. The molecule has 27 heavy (non-hydrogen) atoms. The van der Waals surface area contributed by atoms with Gasteiger partial charge in [-0.1, -0.05) is 47.8 Å². The highest BCUT2D eigenvalue weighted by molar-refractivity contribution is 6.31. The summed E-state index contributed by atoms with van der Waals surface area (Å²) < 4.78 is 5.46. The summed E-state index contributed by atoms with van der Waals surface area (Å²) in [5.74, 6) is 0.481. The normalized spacial score (nSPS) is 14.3. The molecule has 1 aliphatic carbocycles. The van der Waals surface area contributed by atoms with Crippen LogP contribution in [-0.4, -0.2) is 10.1 Å². The number of pyridine rings is 1. The zero-order chi connectivity index (χ0) is 19.0. The van der Waals surface area contributed by atoms with Crippen LogP contribution in [0, 0.1) is 6.92 Å². The molecule has 5 heteroatoms. The Kier molecular flexibility index (Phi) is 4.75. The predicted octanol–water partition coefficient (Wildman–Crippen LogP) is 6.05. The number of hydrogen-bond acceptors (Lipinski definition) is 3. The Morgan fingerprint density at radius 3 is 2.70 bits per heavy atom. The lowest BCUT2D eigenvalue weighted by Gasteiger charge is -2.18. The van der Waals surface area contributed by atoms with Gasteiger partial charge in [-0.15, -0.1) is 0 Å². The minimum Gasteiger partial charge on any atom is -0.356 e. The molecule has 0 aliphatic heterocycles. The van der Waals surface area contributed by atoms with Crippen LogP contribution >= 0.6 is 11.6 Å². The number of halogens is 1. The van der Waals surface area contributed by atoms with E-state index in [1.165, 1.54) is 5.57 Å². The van der Waals surface area contributed by atoms with Gasteiger partial charge in [0.15, 0.2) is 5.76 Å². The first kappa shape index (κ1) is 17.8. The van der Waals surface area contributed by atoms with Crippen LogP contribution < -0.4 is 5.56 Å². The number of allylic oxidation sites excluding steroid dienone is 4. The molecule has 0 saturated carbocycles. The summed E-state index contributed by atoms with van der Waals surface area (Å²) in [5.41, 5.74) is 5.30. The molecule has 4 nitrogen and oxygen atoms in total. The minimum atomic E-state index is -0.180. The highest BCUT2D eigenvalue weighted by atomic mass is 35.5. The van der Waals surface area contributed by atoms with Crippen LogP contribution in [0.5, 0.6) is 0 Å². The summed E-state index contributed by atoms with van der Waals surface area (Å²) >= 11 is 6.28. The standard InChI is InChI=1S/C22H21ClN2O2/c1-3-4-14-5-7-15(8-6-14)20-17-12-16(23)9-10-18(17)24-22(26)21(20)19-11-13(2)25-27-19/h5,7,9-12H,3-4,6,8H2,1-2H3,(H,24,26). The van der Waals surface area contributed by atoms with E-state index in [1.54, 1.807) is 12.1 Å². The number of benzene rings is 1. The van der Waals surface area contributed by atoms with Gasteiger partial charge in [0, 0.05) is 27.6 Å². The van der Waals surface area contributed by atoms with Crippen molar-refractivity contribution in [3.05, 3.63) is 68.6 Å². The zero-order valence-corrected chi connectivity index (χ0v) is 16.2. The third-order valence-electron chi connectivity index (χ3n) is 4.98. The molecule has 2 aromatic heterocycles. The van der Waals surface area contributed by atoms with Gasteiger partial charge in [-0.25, -0.2) is 0 Å². The fraction of sp³-hybridized carbons (Fsp3) is 0.273. The molecule has 2 heterocycles. The van der Waals surface area contributed by atoms with Crippen molar-refractivity contribution >= 4 is 28.1 Å². The Bertz CT molecular complexity index is 1130. The van der Waals surface area contributed by atoms with Crippen LogP contribution in [0.1, 0.15) is 43.9 Å². The smallest absolute Gasteiger partial charge is 0.260 e. The van der Waals surface area contributed by atoms with Gasteiger partial charge in [0.25, 0.3) is 5.56 Å². The van der Waals surface area contributed by atoms with Gasteiger partial charge >= 0.3 is 0 Å². The fourth-order valence-corrected chi connectivity index (χ4v) is 3.91. The van der Waals surface area contributed by atoms with E-state index in [2.05, 4.69) is 29.2 Å². The van der Waals surface area contributed by atoms with Crippen LogP contribution in [0.2, 0.25) is 5.02 Å². The molecule has 0 fully saturated rings. The summed E-state index contributed by atoms with van der Waals surface area (Å²) in [6.45, 7) is 4.04. The van der Waals surface area contributed by atoms with Gasteiger partial charge < -0.3 is 9.51 Å². The molecule has 0 saturated heterocycles. The lowest BCUT2D eigenvalue weighted by Crippen LogP contribution is -2.13. The summed E-state index contributed by atoms with van der Waals surface area (Å²) in [7, 11) is 0. The van der Waals surface area contributed by atoms with Gasteiger partial charge in [-0.2, -0.15) is 0 Å². The first-order valence-electron chi connectivity index (χ1n) is 9.25. The Hall–Kier alpha value is -2.59. The van der Waals surface area contributed by atoms with Crippen molar-refractivity contribution in [1.29, 1.82) is 0 Å². The lowest BCUT2D eigenvalue weighted by atomic mass is 9.87. The molecule has 0 radical (unpaired) electrons. The number of nitrogens with zero attached hydrogens (tertiary/aromatic N) is 1. The van der Waals surface area contributed by atoms with Crippen molar-refractivity contribution in [2.75, 3.05) is 0 Å². The third kappa shape index (κ3) is 3.37. The molecule has 138 valence electrons. The summed E-state index contributed by atoms with van der Waals surface area (Å²) in [5, 5.41) is 5.52. The number of nitrogens with one attached hydrogen (secondary N) is 1. The summed E-state index contributed by atoms with van der Waals surface area (Å²) in [6.07, 6.45) is 8.47. The number of aryl methyl sites for hydroxylation is 1. The van der Waals surface area contributed by atoms with E-state index in [0.29, 0.717) is 16.3 Å². The third-order valence-corrected chi connectivity index (χ3v) is 5.21. The Labute approximate surface area is 162 Å². The molecule has 4 rings (SSSR count). The summed E-state index contributed by atoms with van der Waals surface area (Å²) in [6, 6.07) is 7.34. The van der Waals surface area contributed by atoms with Crippen molar-refractivity contribution in [3.63, 3.8) is 0 Å². The Morgan fingerprint density at radius 1 is 1.19 bits per heavy atom. The average Bonchev–Trinajstić information content (AvgIpc) is 3.08. The molecular weight excluding hydrogens is 360 g/mol. The lowest BCUT2D eigenvalue weighted by molar-refractivity contribution is 0.426. The first-order valence-corrected chi connectivity index (χ1v) is 9.63. The largest absolute Gasteiger partial charge is 0.356 e. The molecule has 0 atom stereocenters. The van der Waals surface area contributed by atoms with Crippen LogP contribution in [0.4, 0.5) is 0 Å². The van der Waals surface area contributed by atoms with Crippen molar-refractivity contribution < 1.29 is 4.52 Å². The monoisotopic (exact) mass is 380 g/mol. The van der Waals surface area contributed by atoms with Crippen LogP contribution in [0.15, 0.2) is 51.3 Å². The SMILES string of the molecule is CCCC1=CC=C(c2c(-c3cc(C)no3)c(=O)[nH]c3ccc(Cl)cc23)CC1. The van der Waals surface area contributed by atoms with E-state index in [0.717, 1.165) is 53.4 Å². The molecule has 0 spiro atoms. The topological polar surface area (TPSA) is 58.9 Å². The first-order chi connectivity index (χ1) is 13.1. The van der Waals surface area contributed by atoms with E-state index < -0.39 is 0 Å². The van der Waals surface area contributed by atoms with Crippen LogP contribution in [-0.2, 0) is 0 Å². The maximum absolute atomic E-state index is 12.9. The van der Waals surface area contributed by atoms with Gasteiger partial charge in [0.05, 0.1) is 11.3 Å². The quantitative estimate of drug-likeness (QED) is 0.599. The van der Waals surface area contributed by atoms with E-state index >= 15 is 0 Å². The van der Waals surface area contributed by atoms with E-state index in [4.69, 9.17) is 16.1 Å². The number of hydrogen-bond donors (Lipinski definition) is 1. The molecule has 0 amide bonds. The van der Waals surface area contributed by atoms with E-state index in [-0.39, 0.29) is 5.56 Å². The van der Waals surface area contributed by atoms with Gasteiger partial charge in [-0.3, -0.25) is 4.79 Å². The molecule has 1 aliphatic rings. The maximum atomic E-state index is 12.9. The van der Waals surface area contributed by atoms with E-state index in [9.17, 15) is 4.79 Å². The molecule has 0 bridgehead atoms. The maximum Gasteiger partial charge on any atom is 0.260 e. The molecule has 1 aromatic carbocycles. The highest BCUT2D eigenvalue weighted by Gasteiger charge is 2.22. The van der Waals surface area contributed by atoms with Crippen molar-refractivity contribution in [1.82, 2.24) is 10.1 Å². The molecular formula is C22H21ClN2O2. The average molecular weight is 381 g/mol. The van der Waals surface area contributed by atoms with Crippen molar-refractivity contribution in [2.45, 2.75) is 39.5 Å². The van der Waals surface area contributed by atoms with Crippen molar-refractivity contribution in [2.24, 2.45) is 0 Å². The number of fused-ring (bicyclic) bond motifs is 1. The van der Waals surface area contributed by atoms with E-state index in [1.807, 2.05) is 19.1 Å². The van der Waals surface area contributed by atoms with Crippen LogP contribution in [0.3, 0.4) is 0 Å². The highest BCUT2D eigenvalue weighted by Crippen LogP contribution is 2.38. The number of rotatable bonds is 4. The number of aromatic nitrogens is 2. The zero-order valence-electron chi connectivity index (χ0n) is 15.4. The van der Waals surface area contributed by atoms with Crippen molar-refractivity contribution in [3.8, 4) is 11.3 Å². The second-order valence-corrected chi connectivity index (χ2v) is 7.43. The van der Waals surface area contributed by atoms with Gasteiger partial charge in [-0.05, 0) is 50.0 Å². The second kappa shape index (κ2) is 7.20. The Morgan fingerprint density at radius 2 is 2.04 bits per heavy atom. The molecule has 0 unspecified atom stereocenters. The molecule has 3 aromatic rings. The molecule has 1 N–H and O–H groups in total. The predicted molar refractivity (Wildman–Crippen MR) is 110 cm³/mol.